The van der Waals surface area contributed by atoms with E-state index in [1.54, 1.807) is 84.9 Å². The van der Waals surface area contributed by atoms with E-state index in [0.29, 0.717) is 32.6 Å². The molecule has 37 heavy (non-hydrogen) atoms. The summed E-state index contributed by atoms with van der Waals surface area (Å²) in [5.74, 6) is -0.395. The first kappa shape index (κ1) is 26.3. The maximum atomic E-state index is 13.0. The van der Waals surface area contributed by atoms with Gasteiger partial charge in [0, 0.05) is 27.8 Å². The van der Waals surface area contributed by atoms with Crippen LogP contribution >= 0.6 is 35.0 Å². The minimum Gasteiger partial charge on any atom is -0.465 e. The van der Waals surface area contributed by atoms with Gasteiger partial charge in [0.05, 0.1) is 22.1 Å². The Hall–Kier alpha value is -3.78. The third kappa shape index (κ3) is 7.36. The van der Waals surface area contributed by atoms with E-state index in [0.717, 1.165) is 4.90 Å². The van der Waals surface area contributed by atoms with Gasteiger partial charge in [0.2, 0.25) is 0 Å². The highest BCUT2D eigenvalue weighted by Crippen LogP contribution is 2.25. The Morgan fingerprint density at radius 1 is 0.838 bits per heavy atom. The Balaban J connectivity index is 1.40. The van der Waals surface area contributed by atoms with Crippen molar-refractivity contribution < 1.29 is 18.8 Å². The van der Waals surface area contributed by atoms with Crippen molar-refractivity contribution in [3.05, 3.63) is 124 Å². The third-order valence-electron chi connectivity index (χ3n) is 5.08. The average Bonchev–Trinajstić information content (AvgIpc) is 3.43. The number of nitrogens with one attached hydrogen (secondary N) is 2. The summed E-state index contributed by atoms with van der Waals surface area (Å²) in [6, 6.07) is 23.7. The summed E-state index contributed by atoms with van der Waals surface area (Å²) in [5, 5.41) is 6.15. The normalized spacial score (nSPS) is 11.1. The van der Waals surface area contributed by atoms with E-state index in [1.165, 1.54) is 24.1 Å². The van der Waals surface area contributed by atoms with Gasteiger partial charge in [-0.15, -0.1) is 11.8 Å². The smallest absolute Gasteiger partial charge is 0.272 e. The lowest BCUT2D eigenvalue weighted by Crippen LogP contribution is -2.30. The molecule has 0 radical (unpaired) electrons. The summed E-state index contributed by atoms with van der Waals surface area (Å²) in [4.78, 5) is 39.0. The van der Waals surface area contributed by atoms with Crippen LogP contribution in [0.3, 0.4) is 0 Å². The summed E-state index contributed by atoms with van der Waals surface area (Å²) in [5.41, 5.74) is 1.44. The van der Waals surface area contributed by atoms with Crippen molar-refractivity contribution in [2.45, 2.75) is 4.90 Å². The fourth-order valence-corrected chi connectivity index (χ4v) is 4.28. The third-order valence-corrected chi connectivity index (χ3v) is 6.83. The molecule has 1 heterocycles. The lowest BCUT2D eigenvalue weighted by atomic mass is 10.1. The average molecular weight is 551 g/mol. The Labute approximate surface area is 227 Å². The fraction of sp³-hybridized carbons (Fsp3) is 0.0357. The van der Waals surface area contributed by atoms with Gasteiger partial charge in [0.15, 0.2) is 5.78 Å². The zero-order valence-electron chi connectivity index (χ0n) is 19.2. The highest BCUT2D eigenvalue weighted by atomic mass is 35.5. The number of anilines is 1. The number of rotatable bonds is 9. The summed E-state index contributed by atoms with van der Waals surface area (Å²) >= 11 is 13.3. The van der Waals surface area contributed by atoms with E-state index in [1.807, 2.05) is 0 Å². The predicted octanol–water partition coefficient (Wildman–Crippen LogP) is 6.97. The molecule has 0 aliphatic heterocycles. The molecule has 0 saturated carbocycles. The number of benzene rings is 3. The van der Waals surface area contributed by atoms with Gasteiger partial charge in [0.25, 0.3) is 11.8 Å². The molecule has 2 amide bonds. The van der Waals surface area contributed by atoms with Gasteiger partial charge in [-0.3, -0.25) is 14.4 Å². The topological polar surface area (TPSA) is 88.4 Å². The molecular formula is C28H20Cl2N2O4S. The monoisotopic (exact) mass is 550 g/mol. The molecule has 1 aromatic heterocycles. The first-order valence-electron chi connectivity index (χ1n) is 11.0. The highest BCUT2D eigenvalue weighted by molar-refractivity contribution is 8.00. The van der Waals surface area contributed by atoms with Crippen molar-refractivity contribution in [3.8, 4) is 0 Å². The number of thioether (sulfide) groups is 1. The fourth-order valence-electron chi connectivity index (χ4n) is 3.19. The van der Waals surface area contributed by atoms with Crippen LogP contribution in [-0.4, -0.2) is 23.4 Å². The van der Waals surface area contributed by atoms with Crippen molar-refractivity contribution in [1.29, 1.82) is 0 Å². The number of Topliss-reactive ketones (excluding diaryl/α,β-unsaturated/α-hetero) is 1. The van der Waals surface area contributed by atoms with Crippen molar-refractivity contribution in [2.75, 3.05) is 11.1 Å². The first-order chi connectivity index (χ1) is 17.9. The van der Waals surface area contributed by atoms with Gasteiger partial charge in [-0.2, -0.15) is 0 Å². The van der Waals surface area contributed by atoms with E-state index >= 15 is 0 Å². The molecule has 0 saturated heterocycles. The maximum Gasteiger partial charge on any atom is 0.272 e. The lowest BCUT2D eigenvalue weighted by molar-refractivity contribution is -0.113. The largest absolute Gasteiger partial charge is 0.465 e. The molecule has 186 valence electrons. The molecule has 0 fully saturated rings. The van der Waals surface area contributed by atoms with E-state index in [4.69, 9.17) is 27.6 Å². The number of hydrogen-bond acceptors (Lipinski definition) is 5. The summed E-state index contributed by atoms with van der Waals surface area (Å²) in [6.45, 7) is 0. The SMILES string of the molecule is O=C(Nc1ccc(SCC(=O)c2ccc(Cl)c(Cl)c2)cc1)/C(=C/c1ccco1)NC(=O)c1ccccc1. The number of hydrogen-bond donors (Lipinski definition) is 2. The molecule has 0 aliphatic carbocycles. The number of carbonyl (C=O) groups excluding carboxylic acids is 3. The van der Waals surface area contributed by atoms with Gasteiger partial charge in [-0.1, -0.05) is 41.4 Å². The zero-order chi connectivity index (χ0) is 26.2. The quantitative estimate of drug-likeness (QED) is 0.133. The van der Waals surface area contributed by atoms with Crippen molar-refractivity contribution >= 4 is 64.3 Å². The van der Waals surface area contributed by atoms with Crippen LogP contribution < -0.4 is 10.6 Å². The van der Waals surface area contributed by atoms with Crippen molar-refractivity contribution in [1.82, 2.24) is 5.32 Å². The van der Waals surface area contributed by atoms with E-state index in [-0.39, 0.29) is 17.2 Å². The van der Waals surface area contributed by atoms with E-state index in [2.05, 4.69) is 10.6 Å². The molecular weight excluding hydrogens is 531 g/mol. The van der Waals surface area contributed by atoms with Crippen LogP contribution in [0.2, 0.25) is 10.0 Å². The number of amides is 2. The zero-order valence-corrected chi connectivity index (χ0v) is 21.6. The molecule has 0 spiro atoms. The van der Waals surface area contributed by atoms with Crippen molar-refractivity contribution in [3.63, 3.8) is 0 Å². The molecule has 3 aromatic carbocycles. The van der Waals surface area contributed by atoms with Crippen LogP contribution in [0.5, 0.6) is 0 Å². The van der Waals surface area contributed by atoms with Crippen LogP contribution in [0.1, 0.15) is 26.5 Å². The van der Waals surface area contributed by atoms with Crippen LogP contribution in [-0.2, 0) is 4.79 Å². The molecule has 0 unspecified atom stereocenters. The number of halogens is 2. The molecule has 9 heteroatoms. The van der Waals surface area contributed by atoms with Crippen LogP contribution in [0.15, 0.2) is 106 Å². The summed E-state index contributed by atoms with van der Waals surface area (Å²) < 4.78 is 5.31. The second-order valence-electron chi connectivity index (χ2n) is 7.71. The van der Waals surface area contributed by atoms with Gasteiger partial charge < -0.3 is 15.1 Å². The molecule has 4 aromatic rings. The highest BCUT2D eigenvalue weighted by Gasteiger charge is 2.16. The molecule has 4 rings (SSSR count). The molecule has 0 aliphatic rings. The van der Waals surface area contributed by atoms with E-state index < -0.39 is 11.8 Å². The molecule has 0 bridgehead atoms. The van der Waals surface area contributed by atoms with Gasteiger partial charge >= 0.3 is 0 Å². The second kappa shape index (κ2) is 12.5. The van der Waals surface area contributed by atoms with Crippen LogP contribution in [0.4, 0.5) is 5.69 Å². The Bertz CT molecular complexity index is 1440. The van der Waals surface area contributed by atoms with Crippen LogP contribution in [0, 0.1) is 0 Å². The predicted molar refractivity (Wildman–Crippen MR) is 147 cm³/mol. The number of ketones is 1. The Kier molecular flexibility index (Phi) is 8.85. The summed E-state index contributed by atoms with van der Waals surface area (Å²) in [7, 11) is 0. The second-order valence-corrected chi connectivity index (χ2v) is 9.58. The Morgan fingerprint density at radius 2 is 1.59 bits per heavy atom. The minimum absolute atomic E-state index is 0.0227. The number of carbonyl (C=O) groups is 3. The van der Waals surface area contributed by atoms with E-state index in [9.17, 15) is 14.4 Å². The van der Waals surface area contributed by atoms with Gasteiger partial charge in [0.1, 0.15) is 11.5 Å². The molecule has 2 N–H and O–H groups in total. The minimum atomic E-state index is -0.518. The maximum absolute atomic E-state index is 13.0. The first-order valence-corrected chi connectivity index (χ1v) is 12.8. The van der Waals surface area contributed by atoms with Crippen LogP contribution in [0.25, 0.3) is 6.08 Å². The molecule has 0 atom stereocenters. The van der Waals surface area contributed by atoms with Gasteiger partial charge in [-0.05, 0) is 66.7 Å². The number of furan rings is 1. The molecule has 6 nitrogen and oxygen atoms in total. The van der Waals surface area contributed by atoms with Gasteiger partial charge in [-0.25, -0.2) is 0 Å². The Morgan fingerprint density at radius 3 is 2.27 bits per heavy atom. The van der Waals surface area contributed by atoms with Crippen molar-refractivity contribution in [2.24, 2.45) is 0 Å². The lowest BCUT2D eigenvalue weighted by Gasteiger charge is -2.11. The summed E-state index contributed by atoms with van der Waals surface area (Å²) in [6.07, 6.45) is 2.93. The standard InChI is InChI=1S/C28H20Cl2N2O4S/c29-23-13-8-19(15-24(23)30)26(33)17-37-22-11-9-20(10-12-22)31-28(35)25(16-21-7-4-14-36-21)32-27(34)18-5-2-1-3-6-18/h1-16H,17H2,(H,31,35)(H,32,34)/b25-16-.